The summed E-state index contributed by atoms with van der Waals surface area (Å²) in [5.41, 5.74) is 0.747. The highest BCUT2D eigenvalue weighted by Gasteiger charge is 2.18. The predicted octanol–water partition coefficient (Wildman–Crippen LogP) is 2.30. The van der Waals surface area contributed by atoms with Gasteiger partial charge in [0.05, 0.1) is 6.61 Å². The number of hydrogen-bond acceptors (Lipinski definition) is 4. The molecule has 0 saturated heterocycles. The molecule has 2 rings (SSSR count). The van der Waals surface area contributed by atoms with E-state index in [4.69, 9.17) is 4.18 Å². The second-order valence-corrected chi connectivity index (χ2v) is 5.25. The molecule has 2 aromatic carbocycles. The SMILES string of the molecule is O=S(=O)(OCc1ccccc1)c1ccccc1O. The van der Waals surface area contributed by atoms with Crippen molar-refractivity contribution in [2.24, 2.45) is 0 Å². The third-order valence-corrected chi connectivity index (χ3v) is 3.67. The maximum atomic E-state index is 11.8. The van der Waals surface area contributed by atoms with Gasteiger partial charge in [-0.05, 0) is 17.7 Å². The third-order valence-electron chi connectivity index (χ3n) is 2.36. The van der Waals surface area contributed by atoms with Crippen LogP contribution in [0, 0.1) is 0 Å². The fraction of sp³-hybridized carbons (Fsp3) is 0.0769. The minimum Gasteiger partial charge on any atom is -0.506 e. The summed E-state index contributed by atoms with van der Waals surface area (Å²) in [6.07, 6.45) is 0. The minimum atomic E-state index is -3.94. The van der Waals surface area contributed by atoms with Gasteiger partial charge in [0.2, 0.25) is 0 Å². The van der Waals surface area contributed by atoms with Crippen LogP contribution in [0.1, 0.15) is 5.56 Å². The first kappa shape index (κ1) is 12.6. The molecule has 5 heteroatoms. The number of hydrogen-bond donors (Lipinski definition) is 1. The van der Waals surface area contributed by atoms with Crippen LogP contribution in [-0.2, 0) is 20.9 Å². The van der Waals surface area contributed by atoms with Crippen LogP contribution in [0.3, 0.4) is 0 Å². The summed E-state index contributed by atoms with van der Waals surface area (Å²) >= 11 is 0. The highest BCUT2D eigenvalue weighted by Crippen LogP contribution is 2.23. The second-order valence-electron chi connectivity index (χ2n) is 3.67. The van der Waals surface area contributed by atoms with E-state index in [1.54, 1.807) is 30.3 Å². The van der Waals surface area contributed by atoms with Gasteiger partial charge in [-0.1, -0.05) is 42.5 Å². The molecular weight excluding hydrogens is 252 g/mol. The summed E-state index contributed by atoms with van der Waals surface area (Å²) in [4.78, 5) is -0.221. The molecule has 0 unspecified atom stereocenters. The van der Waals surface area contributed by atoms with Gasteiger partial charge in [0.15, 0.2) is 0 Å². The van der Waals surface area contributed by atoms with Crippen LogP contribution in [0.25, 0.3) is 0 Å². The van der Waals surface area contributed by atoms with E-state index in [0.29, 0.717) is 0 Å². The van der Waals surface area contributed by atoms with Crippen LogP contribution in [0.5, 0.6) is 5.75 Å². The van der Waals surface area contributed by atoms with Gasteiger partial charge in [0.1, 0.15) is 10.6 Å². The Morgan fingerprint density at radius 3 is 2.22 bits per heavy atom. The van der Waals surface area contributed by atoms with Gasteiger partial charge in [-0.3, -0.25) is 4.18 Å². The van der Waals surface area contributed by atoms with Gasteiger partial charge in [-0.2, -0.15) is 8.42 Å². The van der Waals surface area contributed by atoms with Crippen molar-refractivity contribution in [3.63, 3.8) is 0 Å². The number of para-hydroxylation sites is 1. The summed E-state index contributed by atoms with van der Waals surface area (Å²) in [7, 11) is -3.94. The molecule has 0 amide bonds. The third kappa shape index (κ3) is 2.88. The molecule has 1 N–H and O–H groups in total. The zero-order valence-electron chi connectivity index (χ0n) is 9.48. The Balaban J connectivity index is 2.16. The van der Waals surface area contributed by atoms with Crippen LogP contribution in [0.4, 0.5) is 0 Å². The van der Waals surface area contributed by atoms with Crippen molar-refractivity contribution in [3.8, 4) is 5.75 Å². The number of benzene rings is 2. The van der Waals surface area contributed by atoms with Crippen LogP contribution in [0.2, 0.25) is 0 Å². The lowest BCUT2D eigenvalue weighted by atomic mass is 10.2. The lowest BCUT2D eigenvalue weighted by Gasteiger charge is -2.07. The zero-order chi connectivity index (χ0) is 13.0. The lowest BCUT2D eigenvalue weighted by molar-refractivity contribution is 0.305. The van der Waals surface area contributed by atoms with Crippen LogP contribution < -0.4 is 0 Å². The Morgan fingerprint density at radius 2 is 1.56 bits per heavy atom. The number of aromatic hydroxyl groups is 1. The molecule has 4 nitrogen and oxygen atoms in total. The van der Waals surface area contributed by atoms with Crippen molar-refractivity contribution < 1.29 is 17.7 Å². The van der Waals surface area contributed by atoms with Crippen molar-refractivity contribution in [2.75, 3.05) is 0 Å². The molecule has 0 bridgehead atoms. The molecule has 0 aliphatic rings. The average molecular weight is 264 g/mol. The largest absolute Gasteiger partial charge is 0.506 e. The Hall–Kier alpha value is -1.85. The molecule has 0 atom stereocenters. The van der Waals surface area contributed by atoms with Gasteiger partial charge >= 0.3 is 10.1 Å². The topological polar surface area (TPSA) is 63.6 Å². The van der Waals surface area contributed by atoms with E-state index < -0.39 is 10.1 Å². The van der Waals surface area contributed by atoms with E-state index in [9.17, 15) is 13.5 Å². The van der Waals surface area contributed by atoms with Crippen molar-refractivity contribution in [3.05, 3.63) is 60.2 Å². The van der Waals surface area contributed by atoms with Gasteiger partial charge in [0, 0.05) is 0 Å². The summed E-state index contributed by atoms with van der Waals surface area (Å²) in [5.74, 6) is -0.314. The summed E-state index contributed by atoms with van der Waals surface area (Å²) in [6.45, 7) is -0.0580. The van der Waals surface area contributed by atoms with Crippen LogP contribution in [-0.4, -0.2) is 13.5 Å². The van der Waals surface area contributed by atoms with Gasteiger partial charge in [0.25, 0.3) is 0 Å². The predicted molar refractivity (Wildman–Crippen MR) is 66.5 cm³/mol. The molecule has 0 radical (unpaired) electrons. The first-order chi connectivity index (χ1) is 8.59. The van der Waals surface area contributed by atoms with Gasteiger partial charge in [-0.15, -0.1) is 0 Å². The van der Waals surface area contributed by atoms with Crippen molar-refractivity contribution in [1.82, 2.24) is 0 Å². The van der Waals surface area contributed by atoms with E-state index >= 15 is 0 Å². The van der Waals surface area contributed by atoms with Gasteiger partial charge in [-0.25, -0.2) is 0 Å². The second kappa shape index (κ2) is 5.20. The van der Waals surface area contributed by atoms with Crippen molar-refractivity contribution in [2.45, 2.75) is 11.5 Å². The molecule has 0 heterocycles. The van der Waals surface area contributed by atoms with Crippen LogP contribution in [0.15, 0.2) is 59.5 Å². The summed E-state index contributed by atoms with van der Waals surface area (Å²) in [5, 5.41) is 9.48. The standard InChI is InChI=1S/C13H12O4S/c14-12-8-4-5-9-13(12)18(15,16)17-10-11-6-2-1-3-7-11/h1-9,14H,10H2. The molecule has 0 spiro atoms. The van der Waals surface area contributed by atoms with Crippen LogP contribution >= 0.6 is 0 Å². The molecule has 0 saturated carbocycles. The molecule has 0 fully saturated rings. The number of phenols is 1. The van der Waals surface area contributed by atoms with E-state index in [-0.39, 0.29) is 17.3 Å². The Labute approximate surface area is 106 Å². The van der Waals surface area contributed by atoms with E-state index in [1.807, 2.05) is 6.07 Å². The first-order valence-corrected chi connectivity index (χ1v) is 6.72. The minimum absolute atomic E-state index is 0.0580. The fourth-order valence-electron chi connectivity index (χ4n) is 1.45. The molecule has 0 aliphatic heterocycles. The fourth-order valence-corrected chi connectivity index (χ4v) is 2.44. The highest BCUT2D eigenvalue weighted by molar-refractivity contribution is 7.86. The Kier molecular flexibility index (Phi) is 3.64. The van der Waals surface area contributed by atoms with Crippen molar-refractivity contribution in [1.29, 1.82) is 0 Å². The average Bonchev–Trinajstić information content (AvgIpc) is 2.38. The molecular formula is C13H12O4S. The monoisotopic (exact) mass is 264 g/mol. The summed E-state index contributed by atoms with van der Waals surface area (Å²) < 4.78 is 28.6. The Bertz CT molecular complexity index is 620. The molecule has 2 aromatic rings. The maximum absolute atomic E-state index is 11.8. The first-order valence-electron chi connectivity index (χ1n) is 5.31. The maximum Gasteiger partial charge on any atom is 0.300 e. The smallest absolute Gasteiger partial charge is 0.300 e. The zero-order valence-corrected chi connectivity index (χ0v) is 10.3. The molecule has 94 valence electrons. The normalized spacial score (nSPS) is 11.3. The lowest BCUT2D eigenvalue weighted by Crippen LogP contribution is -2.06. The molecule has 0 aromatic heterocycles. The van der Waals surface area contributed by atoms with Gasteiger partial charge < -0.3 is 5.11 Å². The summed E-state index contributed by atoms with van der Waals surface area (Å²) in [6, 6.07) is 14.6. The van der Waals surface area contributed by atoms with E-state index in [1.165, 1.54) is 18.2 Å². The number of phenolic OH excluding ortho intramolecular Hbond substituents is 1. The van der Waals surface area contributed by atoms with E-state index in [0.717, 1.165) is 5.56 Å². The number of rotatable bonds is 4. The molecule has 0 aliphatic carbocycles. The Morgan fingerprint density at radius 1 is 0.944 bits per heavy atom. The highest BCUT2D eigenvalue weighted by atomic mass is 32.2. The molecule has 18 heavy (non-hydrogen) atoms. The van der Waals surface area contributed by atoms with E-state index in [2.05, 4.69) is 0 Å². The van der Waals surface area contributed by atoms with Crippen molar-refractivity contribution >= 4 is 10.1 Å². The quantitative estimate of drug-likeness (QED) is 0.861.